The molecule has 3 aromatic rings. The Bertz CT molecular complexity index is 1070. The first-order valence-electron chi connectivity index (χ1n) is 8.28. The maximum absolute atomic E-state index is 13.9. The topological polar surface area (TPSA) is 42.4 Å². The van der Waals surface area contributed by atoms with Crippen LogP contribution in [0.1, 0.15) is 28.9 Å². The number of carbonyl (C=O) groups excluding carboxylic acids is 1. The minimum absolute atomic E-state index is 0.147. The minimum Gasteiger partial charge on any atom is -0.481 e. The molecule has 1 aromatic heterocycles. The molecule has 0 fully saturated rings. The molecule has 0 saturated carbocycles. The van der Waals surface area contributed by atoms with Crippen LogP contribution in [0, 0.1) is 17.5 Å². The van der Waals surface area contributed by atoms with Crippen molar-refractivity contribution >= 4 is 32.6 Å². The predicted octanol–water partition coefficient (Wildman–Crippen LogP) is 5.26. The SMILES string of the molecule is COc1ncc([C@@H](C)N(C)C(=O)c2ccc(Br)c(F)c2)c2cc(F)c(F)cc12. The molecule has 0 unspecified atom stereocenters. The first-order valence-corrected chi connectivity index (χ1v) is 9.07. The number of methoxy groups -OCH3 is 1. The highest BCUT2D eigenvalue weighted by Gasteiger charge is 2.23. The molecule has 0 spiro atoms. The van der Waals surface area contributed by atoms with Crippen molar-refractivity contribution in [3.05, 3.63) is 69.6 Å². The van der Waals surface area contributed by atoms with Gasteiger partial charge >= 0.3 is 0 Å². The lowest BCUT2D eigenvalue weighted by atomic mass is 10.0. The van der Waals surface area contributed by atoms with Crippen molar-refractivity contribution in [2.75, 3.05) is 14.2 Å². The number of carbonyl (C=O) groups is 1. The van der Waals surface area contributed by atoms with Crippen LogP contribution in [-0.2, 0) is 0 Å². The third-order valence-corrected chi connectivity index (χ3v) is 5.28. The summed E-state index contributed by atoms with van der Waals surface area (Å²) in [5, 5.41) is 0.668. The molecular formula is C20H16BrF3N2O2. The normalized spacial score (nSPS) is 12.1. The van der Waals surface area contributed by atoms with E-state index in [1.54, 1.807) is 14.0 Å². The molecule has 0 radical (unpaired) electrons. The molecule has 1 heterocycles. The Balaban J connectivity index is 2.04. The van der Waals surface area contributed by atoms with Gasteiger partial charge in [0.05, 0.1) is 17.6 Å². The zero-order valence-corrected chi connectivity index (χ0v) is 16.9. The fourth-order valence-electron chi connectivity index (χ4n) is 2.94. The molecule has 1 amide bonds. The summed E-state index contributed by atoms with van der Waals surface area (Å²) in [5.41, 5.74) is 0.668. The second-order valence-corrected chi connectivity index (χ2v) is 7.11. The molecule has 1 atom stereocenters. The van der Waals surface area contributed by atoms with Crippen molar-refractivity contribution in [2.45, 2.75) is 13.0 Å². The lowest BCUT2D eigenvalue weighted by molar-refractivity contribution is 0.0743. The highest BCUT2D eigenvalue weighted by molar-refractivity contribution is 9.10. The van der Waals surface area contributed by atoms with Crippen molar-refractivity contribution in [2.24, 2.45) is 0 Å². The van der Waals surface area contributed by atoms with Crippen molar-refractivity contribution in [3.63, 3.8) is 0 Å². The number of halogens is 4. The van der Waals surface area contributed by atoms with Gasteiger partial charge in [-0.05, 0) is 58.6 Å². The van der Waals surface area contributed by atoms with Crippen LogP contribution in [0.5, 0.6) is 5.88 Å². The van der Waals surface area contributed by atoms with Crippen LogP contribution in [0.2, 0.25) is 0 Å². The molecule has 146 valence electrons. The fraction of sp³-hybridized carbons (Fsp3) is 0.200. The molecule has 3 rings (SSSR count). The van der Waals surface area contributed by atoms with E-state index in [0.717, 1.165) is 18.2 Å². The van der Waals surface area contributed by atoms with Crippen molar-refractivity contribution < 1.29 is 22.7 Å². The zero-order chi connectivity index (χ0) is 20.6. The number of fused-ring (bicyclic) bond motifs is 1. The lowest BCUT2D eigenvalue weighted by Gasteiger charge is -2.26. The number of hydrogen-bond donors (Lipinski definition) is 0. The van der Waals surface area contributed by atoms with Crippen LogP contribution in [0.3, 0.4) is 0 Å². The predicted molar refractivity (Wildman–Crippen MR) is 103 cm³/mol. The van der Waals surface area contributed by atoms with Gasteiger partial charge in [0.1, 0.15) is 5.82 Å². The summed E-state index contributed by atoms with van der Waals surface area (Å²) in [4.78, 5) is 18.3. The molecule has 4 nitrogen and oxygen atoms in total. The number of benzene rings is 2. The average Bonchev–Trinajstić information content (AvgIpc) is 2.68. The molecule has 0 aliphatic heterocycles. The number of hydrogen-bond acceptors (Lipinski definition) is 3. The highest BCUT2D eigenvalue weighted by Crippen LogP contribution is 2.33. The Kier molecular flexibility index (Phi) is 5.60. The van der Waals surface area contributed by atoms with E-state index >= 15 is 0 Å². The summed E-state index contributed by atoms with van der Waals surface area (Å²) in [7, 11) is 2.92. The van der Waals surface area contributed by atoms with Crippen LogP contribution >= 0.6 is 15.9 Å². The van der Waals surface area contributed by atoms with Crippen molar-refractivity contribution in [1.29, 1.82) is 0 Å². The Morgan fingerprint density at radius 1 is 1.11 bits per heavy atom. The average molecular weight is 453 g/mol. The van der Waals surface area contributed by atoms with Crippen molar-refractivity contribution in [3.8, 4) is 5.88 Å². The first-order chi connectivity index (χ1) is 13.2. The zero-order valence-electron chi connectivity index (χ0n) is 15.3. The van der Waals surface area contributed by atoms with Gasteiger partial charge in [0, 0.05) is 29.8 Å². The number of aromatic nitrogens is 1. The van der Waals surface area contributed by atoms with Gasteiger partial charge in [-0.3, -0.25) is 4.79 Å². The van der Waals surface area contributed by atoms with Gasteiger partial charge in [-0.1, -0.05) is 0 Å². The summed E-state index contributed by atoms with van der Waals surface area (Å²) in [6, 6.07) is 5.60. The van der Waals surface area contributed by atoms with Gasteiger partial charge < -0.3 is 9.64 Å². The Hall–Kier alpha value is -2.61. The quantitative estimate of drug-likeness (QED) is 0.542. The number of rotatable bonds is 4. The lowest BCUT2D eigenvalue weighted by Crippen LogP contribution is -2.30. The van der Waals surface area contributed by atoms with E-state index in [1.807, 2.05) is 0 Å². The molecule has 2 aromatic carbocycles. The molecule has 0 N–H and O–H groups in total. The largest absolute Gasteiger partial charge is 0.481 e. The fourth-order valence-corrected chi connectivity index (χ4v) is 3.19. The second-order valence-electron chi connectivity index (χ2n) is 6.26. The van der Waals surface area contributed by atoms with Crippen LogP contribution in [0.15, 0.2) is 41.0 Å². The van der Waals surface area contributed by atoms with E-state index in [9.17, 15) is 18.0 Å². The smallest absolute Gasteiger partial charge is 0.254 e. The Morgan fingerprint density at radius 2 is 1.75 bits per heavy atom. The highest BCUT2D eigenvalue weighted by atomic mass is 79.9. The molecule has 28 heavy (non-hydrogen) atoms. The second kappa shape index (κ2) is 7.79. The maximum atomic E-state index is 13.9. The van der Waals surface area contributed by atoms with E-state index in [-0.39, 0.29) is 15.9 Å². The van der Waals surface area contributed by atoms with Crippen molar-refractivity contribution in [1.82, 2.24) is 9.88 Å². The summed E-state index contributed by atoms with van der Waals surface area (Å²) < 4.78 is 46.8. The monoisotopic (exact) mass is 452 g/mol. The van der Waals surface area contributed by atoms with Crippen LogP contribution in [-0.4, -0.2) is 29.9 Å². The summed E-state index contributed by atoms with van der Waals surface area (Å²) >= 11 is 3.05. The summed E-state index contributed by atoms with van der Waals surface area (Å²) in [5.74, 6) is -2.87. The van der Waals surface area contributed by atoms with E-state index in [2.05, 4.69) is 20.9 Å². The van der Waals surface area contributed by atoms with E-state index in [0.29, 0.717) is 16.3 Å². The Morgan fingerprint density at radius 3 is 2.36 bits per heavy atom. The van der Waals surface area contributed by atoms with E-state index < -0.39 is 29.4 Å². The first kappa shape index (κ1) is 20.1. The van der Waals surface area contributed by atoms with Gasteiger partial charge in [-0.2, -0.15) is 0 Å². The number of nitrogens with zero attached hydrogens (tertiary/aromatic N) is 2. The number of pyridine rings is 1. The van der Waals surface area contributed by atoms with E-state index in [1.165, 1.54) is 30.3 Å². The van der Waals surface area contributed by atoms with Gasteiger partial charge in [0.2, 0.25) is 5.88 Å². The van der Waals surface area contributed by atoms with Crippen LogP contribution < -0.4 is 4.74 Å². The van der Waals surface area contributed by atoms with Gasteiger partial charge in [-0.15, -0.1) is 0 Å². The van der Waals surface area contributed by atoms with Crippen LogP contribution in [0.25, 0.3) is 10.8 Å². The third kappa shape index (κ3) is 3.56. The number of amides is 1. The third-order valence-electron chi connectivity index (χ3n) is 4.63. The molecule has 0 aliphatic carbocycles. The maximum Gasteiger partial charge on any atom is 0.254 e. The van der Waals surface area contributed by atoms with Crippen LogP contribution in [0.4, 0.5) is 13.2 Å². The molecule has 0 aliphatic rings. The molecule has 8 heteroatoms. The van der Waals surface area contributed by atoms with Gasteiger partial charge in [-0.25, -0.2) is 18.2 Å². The summed E-state index contributed by atoms with van der Waals surface area (Å²) in [6.45, 7) is 1.72. The van der Waals surface area contributed by atoms with Gasteiger partial charge in [0.15, 0.2) is 11.6 Å². The number of ether oxygens (including phenoxy) is 1. The molecule has 0 bridgehead atoms. The molecular weight excluding hydrogens is 437 g/mol. The van der Waals surface area contributed by atoms with Gasteiger partial charge in [0.25, 0.3) is 5.91 Å². The minimum atomic E-state index is -1.02. The summed E-state index contributed by atoms with van der Waals surface area (Å²) in [6.07, 6.45) is 1.45. The molecule has 0 saturated heterocycles. The Labute approximate surface area is 168 Å². The van der Waals surface area contributed by atoms with E-state index in [4.69, 9.17) is 4.74 Å². The standard InChI is InChI=1S/C20H16BrF3N2O2/c1-10(26(2)20(27)11-4-5-15(21)16(22)6-11)14-9-25-19(28-3)13-8-18(24)17(23)7-12(13)14/h4-10H,1-3H3/t10-/m1/s1.